The van der Waals surface area contributed by atoms with Gasteiger partial charge in [0, 0.05) is 26.7 Å². The number of furan rings is 1. The second kappa shape index (κ2) is 7.23. The van der Waals surface area contributed by atoms with Crippen molar-refractivity contribution in [3.05, 3.63) is 28.0 Å². The number of carbonyl (C=O) groups excluding carboxylic acids is 2. The van der Waals surface area contributed by atoms with Gasteiger partial charge in [-0.05, 0) is 26.0 Å². The van der Waals surface area contributed by atoms with Gasteiger partial charge in [0.15, 0.2) is 5.76 Å². The summed E-state index contributed by atoms with van der Waals surface area (Å²) < 4.78 is 4.95. The quantitative estimate of drug-likeness (QED) is 0.602. The molecule has 0 saturated carbocycles. The summed E-state index contributed by atoms with van der Waals surface area (Å²) in [4.78, 5) is 37.9. The van der Waals surface area contributed by atoms with E-state index in [2.05, 4.69) is 5.32 Å². The molecule has 1 aromatic heterocycles. The van der Waals surface area contributed by atoms with Gasteiger partial charge in [0.1, 0.15) is 11.0 Å². The van der Waals surface area contributed by atoms with E-state index in [4.69, 9.17) is 4.42 Å². The van der Waals surface area contributed by atoms with Crippen molar-refractivity contribution in [2.24, 2.45) is 0 Å². The number of likely N-dealkylation sites (tertiary alicyclic amines) is 1. The van der Waals surface area contributed by atoms with Crippen molar-refractivity contribution in [3.63, 3.8) is 0 Å². The van der Waals surface area contributed by atoms with Crippen LogP contribution in [0.15, 0.2) is 16.5 Å². The van der Waals surface area contributed by atoms with E-state index >= 15 is 0 Å². The molecule has 0 spiro atoms. The van der Waals surface area contributed by atoms with Gasteiger partial charge in [-0.25, -0.2) is 0 Å². The largest absolute Gasteiger partial charge is 0.433 e. The summed E-state index contributed by atoms with van der Waals surface area (Å²) in [7, 11) is 3.49. The Morgan fingerprint density at radius 1 is 1.52 bits per heavy atom. The first-order chi connectivity index (χ1) is 11.0. The fourth-order valence-electron chi connectivity index (χ4n) is 2.59. The van der Waals surface area contributed by atoms with Gasteiger partial charge < -0.3 is 19.5 Å². The Hall–Kier alpha value is -2.42. The second-order valence-corrected chi connectivity index (χ2v) is 5.41. The molecule has 9 nitrogen and oxygen atoms in total. The Labute approximate surface area is 133 Å². The van der Waals surface area contributed by atoms with Crippen LogP contribution in [0, 0.1) is 10.1 Å². The molecule has 0 aliphatic carbocycles. The Bertz CT molecular complexity index is 600. The molecule has 1 aromatic rings. The highest BCUT2D eigenvalue weighted by Crippen LogP contribution is 2.24. The smallest absolute Gasteiger partial charge is 0.395 e. The first-order valence-corrected chi connectivity index (χ1v) is 7.40. The van der Waals surface area contributed by atoms with Crippen LogP contribution in [-0.2, 0) is 4.79 Å². The van der Waals surface area contributed by atoms with Crippen LogP contribution in [-0.4, -0.2) is 66.3 Å². The molecule has 2 rings (SSSR count). The highest BCUT2D eigenvalue weighted by Gasteiger charge is 2.37. The number of carbonyl (C=O) groups is 2. The number of rotatable bonds is 6. The number of hydrogen-bond acceptors (Lipinski definition) is 6. The third-order valence-electron chi connectivity index (χ3n) is 3.85. The molecule has 0 bridgehead atoms. The van der Waals surface area contributed by atoms with Crippen molar-refractivity contribution in [3.8, 4) is 0 Å². The van der Waals surface area contributed by atoms with Crippen LogP contribution < -0.4 is 5.32 Å². The molecule has 1 aliphatic rings. The lowest BCUT2D eigenvalue weighted by atomic mass is 10.2. The molecule has 1 N–H and O–H groups in total. The zero-order valence-corrected chi connectivity index (χ0v) is 13.2. The van der Waals surface area contributed by atoms with E-state index in [0.717, 1.165) is 6.07 Å². The highest BCUT2D eigenvalue weighted by molar-refractivity contribution is 5.96. The van der Waals surface area contributed by atoms with E-state index < -0.39 is 22.8 Å². The maximum atomic E-state index is 12.5. The minimum absolute atomic E-state index is 0.116. The normalized spacial score (nSPS) is 17.3. The van der Waals surface area contributed by atoms with E-state index in [1.165, 1.54) is 11.0 Å². The standard InChI is InChI=1S/C14H20N4O5/c1-15-7-9-16(2)13(19)10-4-3-8-17(10)14(20)11-5-6-12(23-11)18(21)22/h5-6,10,15H,3-4,7-9H2,1-2H3. The first kappa shape index (κ1) is 16.9. The molecule has 1 aliphatic heterocycles. The fraction of sp³-hybridized carbons (Fsp3) is 0.571. The zero-order valence-electron chi connectivity index (χ0n) is 13.2. The maximum absolute atomic E-state index is 12.5. The molecule has 1 atom stereocenters. The number of nitrogens with one attached hydrogen (secondary N) is 1. The SMILES string of the molecule is CNCCN(C)C(=O)C1CCCN1C(=O)c1ccc([N+](=O)[O-])o1. The Morgan fingerprint density at radius 2 is 2.26 bits per heavy atom. The summed E-state index contributed by atoms with van der Waals surface area (Å²) in [6, 6.07) is 1.86. The van der Waals surface area contributed by atoms with E-state index in [1.807, 2.05) is 0 Å². The lowest BCUT2D eigenvalue weighted by Gasteiger charge is -2.27. The molecule has 9 heteroatoms. The molecule has 0 aromatic carbocycles. The summed E-state index contributed by atoms with van der Waals surface area (Å²) in [5.74, 6) is -1.22. The van der Waals surface area contributed by atoms with Crippen molar-refractivity contribution in [1.29, 1.82) is 0 Å². The lowest BCUT2D eigenvalue weighted by molar-refractivity contribution is -0.402. The average Bonchev–Trinajstić information content (AvgIpc) is 3.19. The minimum Gasteiger partial charge on any atom is -0.395 e. The molecule has 1 saturated heterocycles. The van der Waals surface area contributed by atoms with Gasteiger partial charge in [0.25, 0.3) is 5.91 Å². The van der Waals surface area contributed by atoms with Gasteiger partial charge in [-0.1, -0.05) is 0 Å². The maximum Gasteiger partial charge on any atom is 0.433 e. The van der Waals surface area contributed by atoms with Crippen LogP contribution in [0.5, 0.6) is 0 Å². The summed E-state index contributed by atoms with van der Waals surface area (Å²) in [5.41, 5.74) is 0. The summed E-state index contributed by atoms with van der Waals surface area (Å²) in [6.07, 6.45) is 1.29. The molecule has 126 valence electrons. The summed E-state index contributed by atoms with van der Waals surface area (Å²) in [5, 5.41) is 13.6. The highest BCUT2D eigenvalue weighted by atomic mass is 16.6. The minimum atomic E-state index is -0.699. The molecule has 23 heavy (non-hydrogen) atoms. The van der Waals surface area contributed by atoms with Gasteiger partial charge in [0.05, 0.1) is 6.07 Å². The number of hydrogen-bond donors (Lipinski definition) is 1. The van der Waals surface area contributed by atoms with Gasteiger partial charge in [-0.3, -0.25) is 19.7 Å². The third-order valence-corrected chi connectivity index (χ3v) is 3.85. The van der Waals surface area contributed by atoms with E-state index in [9.17, 15) is 19.7 Å². The molecular weight excluding hydrogens is 304 g/mol. The number of nitrogens with zero attached hydrogens (tertiary/aromatic N) is 3. The van der Waals surface area contributed by atoms with Crippen molar-refractivity contribution < 1.29 is 18.9 Å². The first-order valence-electron chi connectivity index (χ1n) is 7.40. The van der Waals surface area contributed by atoms with Crippen LogP contribution in [0.25, 0.3) is 0 Å². The van der Waals surface area contributed by atoms with Gasteiger partial charge in [-0.2, -0.15) is 0 Å². The Balaban J connectivity index is 2.09. The summed E-state index contributed by atoms with van der Waals surface area (Å²) >= 11 is 0. The zero-order chi connectivity index (χ0) is 17.0. The van der Waals surface area contributed by atoms with Crippen molar-refractivity contribution in [1.82, 2.24) is 15.1 Å². The topological polar surface area (TPSA) is 109 Å². The van der Waals surface area contributed by atoms with Crippen LogP contribution in [0.1, 0.15) is 23.4 Å². The van der Waals surface area contributed by atoms with Crippen LogP contribution in [0.3, 0.4) is 0 Å². The third kappa shape index (κ3) is 3.67. The van der Waals surface area contributed by atoms with Gasteiger partial charge >= 0.3 is 5.88 Å². The number of likely N-dealkylation sites (N-methyl/N-ethyl adjacent to an activating group) is 2. The Morgan fingerprint density at radius 3 is 2.87 bits per heavy atom. The number of nitro groups is 1. The van der Waals surface area contributed by atoms with Gasteiger partial charge in [0.2, 0.25) is 5.91 Å². The summed E-state index contributed by atoms with van der Waals surface area (Å²) in [6.45, 7) is 1.64. The predicted octanol–water partition coefficient (Wildman–Crippen LogP) is 0.470. The van der Waals surface area contributed by atoms with E-state index in [-0.39, 0.29) is 11.7 Å². The van der Waals surface area contributed by atoms with Crippen LogP contribution >= 0.6 is 0 Å². The Kier molecular flexibility index (Phi) is 5.32. The van der Waals surface area contributed by atoms with Crippen molar-refractivity contribution >= 4 is 17.7 Å². The van der Waals surface area contributed by atoms with Crippen molar-refractivity contribution in [2.45, 2.75) is 18.9 Å². The van der Waals surface area contributed by atoms with Crippen LogP contribution in [0.2, 0.25) is 0 Å². The van der Waals surface area contributed by atoms with Crippen molar-refractivity contribution in [2.75, 3.05) is 33.7 Å². The molecule has 0 radical (unpaired) electrons. The monoisotopic (exact) mass is 324 g/mol. The fourth-order valence-corrected chi connectivity index (χ4v) is 2.59. The molecule has 1 unspecified atom stereocenters. The van der Waals surface area contributed by atoms with Crippen LogP contribution in [0.4, 0.5) is 5.88 Å². The number of amides is 2. The molecule has 2 amide bonds. The molecule has 2 heterocycles. The molecule has 1 fully saturated rings. The van der Waals surface area contributed by atoms with E-state index in [0.29, 0.717) is 32.5 Å². The predicted molar refractivity (Wildman–Crippen MR) is 81.0 cm³/mol. The average molecular weight is 324 g/mol. The van der Waals surface area contributed by atoms with E-state index in [1.54, 1.807) is 19.0 Å². The molecular formula is C14H20N4O5. The van der Waals surface area contributed by atoms with Gasteiger partial charge in [-0.15, -0.1) is 0 Å². The second-order valence-electron chi connectivity index (χ2n) is 5.41. The lowest BCUT2D eigenvalue weighted by Crippen LogP contribution is -2.47.